The van der Waals surface area contributed by atoms with Gasteiger partial charge in [-0.15, -0.1) is 0 Å². The van der Waals surface area contributed by atoms with Crippen molar-refractivity contribution in [1.29, 1.82) is 0 Å². The highest BCUT2D eigenvalue weighted by atomic mass is 16.5. The molecule has 1 saturated carbocycles. The predicted octanol–water partition coefficient (Wildman–Crippen LogP) is 3.44. The summed E-state index contributed by atoms with van der Waals surface area (Å²) in [5, 5.41) is 5.76. The molecule has 2 N–H and O–H groups in total. The van der Waals surface area contributed by atoms with Crippen molar-refractivity contribution in [1.82, 2.24) is 10.6 Å². The maximum Gasteiger partial charge on any atom is 0.317 e. The first-order valence-corrected chi connectivity index (χ1v) is 8.18. The highest BCUT2D eigenvalue weighted by Crippen LogP contribution is 2.25. The van der Waals surface area contributed by atoms with Crippen molar-refractivity contribution in [2.45, 2.75) is 51.5 Å². The summed E-state index contributed by atoms with van der Waals surface area (Å²) in [6.45, 7) is 2.63. The Morgan fingerprint density at radius 3 is 2.36 bits per heavy atom. The van der Waals surface area contributed by atoms with Crippen LogP contribution in [0.3, 0.4) is 0 Å². The van der Waals surface area contributed by atoms with E-state index in [1.807, 2.05) is 31.2 Å². The lowest BCUT2D eigenvalue weighted by molar-refractivity contribution is 0.215. The summed E-state index contributed by atoms with van der Waals surface area (Å²) in [7, 11) is 0. The molecule has 1 aliphatic rings. The van der Waals surface area contributed by atoms with Crippen molar-refractivity contribution in [2.75, 3.05) is 13.3 Å². The van der Waals surface area contributed by atoms with Gasteiger partial charge < -0.3 is 20.1 Å². The molecule has 0 spiro atoms. The van der Waals surface area contributed by atoms with Crippen LogP contribution in [0.4, 0.5) is 4.79 Å². The van der Waals surface area contributed by atoms with Crippen LogP contribution in [-0.4, -0.2) is 25.4 Å². The Kier molecular flexibility index (Phi) is 6.87. The molecule has 0 unspecified atom stereocenters. The molecule has 0 heterocycles. The molecule has 0 saturated heterocycles. The predicted molar refractivity (Wildman–Crippen MR) is 86.3 cm³/mol. The normalized spacial score (nSPS) is 15.7. The fourth-order valence-corrected chi connectivity index (χ4v) is 2.68. The molecule has 0 atom stereocenters. The lowest BCUT2D eigenvalue weighted by Gasteiger charge is -2.17. The number of nitrogens with one attached hydrogen (secondary N) is 2. The smallest absolute Gasteiger partial charge is 0.317 e. The second-order valence-electron chi connectivity index (χ2n) is 5.51. The molecule has 5 nitrogen and oxygen atoms in total. The Labute approximate surface area is 132 Å². The number of benzene rings is 1. The SMILES string of the molecule is CCOc1ccccc1OCNC(=O)NC1CCCCCC1. The Morgan fingerprint density at radius 1 is 1.09 bits per heavy atom. The van der Waals surface area contributed by atoms with E-state index in [-0.39, 0.29) is 12.8 Å². The second-order valence-corrected chi connectivity index (χ2v) is 5.51. The van der Waals surface area contributed by atoms with Gasteiger partial charge in [-0.1, -0.05) is 37.8 Å². The first kappa shape index (κ1) is 16.5. The molecule has 22 heavy (non-hydrogen) atoms. The molecule has 1 aliphatic carbocycles. The molecule has 0 aliphatic heterocycles. The van der Waals surface area contributed by atoms with Crippen molar-refractivity contribution in [3.05, 3.63) is 24.3 Å². The van der Waals surface area contributed by atoms with Gasteiger partial charge in [0.15, 0.2) is 18.2 Å². The largest absolute Gasteiger partial charge is 0.490 e. The Hall–Kier alpha value is -1.91. The lowest BCUT2D eigenvalue weighted by Crippen LogP contribution is -2.43. The number of carbonyl (C=O) groups excluding carboxylic acids is 1. The van der Waals surface area contributed by atoms with Crippen molar-refractivity contribution >= 4 is 6.03 Å². The molecule has 2 rings (SSSR count). The van der Waals surface area contributed by atoms with Crippen LogP contribution in [0.25, 0.3) is 0 Å². The molecule has 1 aromatic rings. The molecular formula is C17H26N2O3. The van der Waals surface area contributed by atoms with Crippen LogP contribution >= 0.6 is 0 Å². The van der Waals surface area contributed by atoms with Crippen LogP contribution in [0, 0.1) is 0 Å². The molecule has 0 aromatic heterocycles. The molecule has 1 fully saturated rings. The first-order valence-electron chi connectivity index (χ1n) is 8.18. The van der Waals surface area contributed by atoms with Gasteiger partial charge >= 0.3 is 6.03 Å². The van der Waals surface area contributed by atoms with Crippen LogP contribution < -0.4 is 20.1 Å². The van der Waals surface area contributed by atoms with Gasteiger partial charge in [-0.25, -0.2) is 4.79 Å². The number of rotatable bonds is 6. The van der Waals surface area contributed by atoms with E-state index in [1.54, 1.807) is 0 Å². The van der Waals surface area contributed by atoms with Crippen LogP contribution in [0.1, 0.15) is 45.4 Å². The maximum atomic E-state index is 11.9. The Morgan fingerprint density at radius 2 is 1.73 bits per heavy atom. The van der Waals surface area contributed by atoms with Crippen LogP contribution in [-0.2, 0) is 0 Å². The van der Waals surface area contributed by atoms with Crippen molar-refractivity contribution < 1.29 is 14.3 Å². The zero-order valence-corrected chi connectivity index (χ0v) is 13.3. The van der Waals surface area contributed by atoms with Crippen molar-refractivity contribution in [3.8, 4) is 11.5 Å². The maximum absolute atomic E-state index is 11.9. The number of hydrogen-bond donors (Lipinski definition) is 2. The van der Waals surface area contributed by atoms with Crippen LogP contribution in [0.15, 0.2) is 24.3 Å². The van der Waals surface area contributed by atoms with E-state index in [4.69, 9.17) is 9.47 Å². The van der Waals surface area contributed by atoms with E-state index >= 15 is 0 Å². The minimum Gasteiger partial charge on any atom is -0.490 e. The van der Waals surface area contributed by atoms with E-state index in [1.165, 1.54) is 25.7 Å². The minimum atomic E-state index is -0.166. The zero-order chi connectivity index (χ0) is 15.6. The van der Waals surface area contributed by atoms with E-state index < -0.39 is 0 Å². The number of hydrogen-bond acceptors (Lipinski definition) is 3. The summed E-state index contributed by atoms with van der Waals surface area (Å²) in [6.07, 6.45) is 7.09. The average Bonchev–Trinajstić information content (AvgIpc) is 2.78. The van der Waals surface area contributed by atoms with Gasteiger partial charge in [-0.3, -0.25) is 0 Å². The van der Waals surface area contributed by atoms with E-state index in [0.29, 0.717) is 24.1 Å². The Balaban J connectivity index is 1.72. The highest BCUT2D eigenvalue weighted by molar-refractivity contribution is 5.74. The summed E-state index contributed by atoms with van der Waals surface area (Å²) in [5.74, 6) is 1.33. The number of para-hydroxylation sites is 2. The van der Waals surface area contributed by atoms with Crippen molar-refractivity contribution in [2.24, 2.45) is 0 Å². The molecule has 2 amide bonds. The number of ether oxygens (including phenoxy) is 2. The fourth-order valence-electron chi connectivity index (χ4n) is 2.68. The summed E-state index contributed by atoms with van der Waals surface area (Å²) < 4.78 is 11.1. The van der Waals surface area contributed by atoms with Gasteiger partial charge in [0.2, 0.25) is 0 Å². The highest BCUT2D eigenvalue weighted by Gasteiger charge is 2.14. The van der Waals surface area contributed by atoms with Crippen LogP contribution in [0.5, 0.6) is 11.5 Å². The summed E-state index contributed by atoms with van der Waals surface area (Å²) in [5.41, 5.74) is 0. The van der Waals surface area contributed by atoms with Crippen LogP contribution in [0.2, 0.25) is 0 Å². The van der Waals surface area contributed by atoms with E-state index in [2.05, 4.69) is 10.6 Å². The zero-order valence-electron chi connectivity index (χ0n) is 13.3. The van der Waals surface area contributed by atoms with E-state index in [0.717, 1.165) is 12.8 Å². The molecule has 5 heteroatoms. The quantitative estimate of drug-likeness (QED) is 0.625. The number of amides is 2. The molecule has 122 valence electrons. The summed E-state index contributed by atoms with van der Waals surface area (Å²) >= 11 is 0. The van der Waals surface area contributed by atoms with E-state index in [9.17, 15) is 4.79 Å². The van der Waals surface area contributed by atoms with Gasteiger partial charge in [0.25, 0.3) is 0 Å². The van der Waals surface area contributed by atoms with Crippen molar-refractivity contribution in [3.63, 3.8) is 0 Å². The topological polar surface area (TPSA) is 59.6 Å². The summed E-state index contributed by atoms with van der Waals surface area (Å²) in [4.78, 5) is 11.9. The molecular weight excluding hydrogens is 280 g/mol. The molecule has 1 aromatic carbocycles. The average molecular weight is 306 g/mol. The number of carbonyl (C=O) groups is 1. The van der Waals surface area contributed by atoms with Gasteiger partial charge in [-0.2, -0.15) is 0 Å². The monoisotopic (exact) mass is 306 g/mol. The van der Waals surface area contributed by atoms with Gasteiger partial charge in [0.05, 0.1) is 6.61 Å². The van der Waals surface area contributed by atoms with Gasteiger partial charge in [0.1, 0.15) is 0 Å². The third kappa shape index (κ3) is 5.47. The second kappa shape index (κ2) is 9.18. The Bertz CT molecular complexity index is 457. The van der Waals surface area contributed by atoms with Gasteiger partial charge in [0, 0.05) is 6.04 Å². The van der Waals surface area contributed by atoms with Gasteiger partial charge in [-0.05, 0) is 31.9 Å². The standard InChI is InChI=1S/C17H26N2O3/c1-2-21-15-11-7-8-12-16(15)22-13-18-17(20)19-14-9-5-3-4-6-10-14/h7-8,11-12,14H,2-6,9-10,13H2,1H3,(H2,18,19,20). The molecule has 0 bridgehead atoms. The third-order valence-corrected chi connectivity index (χ3v) is 3.80. The number of urea groups is 1. The lowest BCUT2D eigenvalue weighted by atomic mass is 10.1. The minimum absolute atomic E-state index is 0.128. The third-order valence-electron chi connectivity index (χ3n) is 3.80. The fraction of sp³-hybridized carbons (Fsp3) is 0.588. The first-order chi connectivity index (χ1) is 10.8. The molecule has 0 radical (unpaired) electrons. The summed E-state index contributed by atoms with van der Waals surface area (Å²) in [6, 6.07) is 7.58.